The Labute approximate surface area is 302 Å². The number of ketones is 1. The van der Waals surface area contributed by atoms with Crippen molar-refractivity contribution in [3.8, 4) is 0 Å². The third-order valence-corrected chi connectivity index (χ3v) is 10.9. The molecular formula is C38H49N7O7. The van der Waals surface area contributed by atoms with Crippen molar-refractivity contribution in [2.24, 2.45) is 11.7 Å². The van der Waals surface area contributed by atoms with Gasteiger partial charge in [-0.2, -0.15) is 0 Å². The van der Waals surface area contributed by atoms with Crippen LogP contribution in [-0.4, -0.2) is 91.8 Å². The average molecular weight is 716 g/mol. The highest BCUT2D eigenvalue weighted by molar-refractivity contribution is 6.39. The summed E-state index contributed by atoms with van der Waals surface area (Å²) < 4.78 is 7.08. The van der Waals surface area contributed by atoms with Gasteiger partial charge in [0.25, 0.3) is 11.8 Å². The highest BCUT2D eigenvalue weighted by Crippen LogP contribution is 2.34. The van der Waals surface area contributed by atoms with Crippen LogP contribution in [-0.2, 0) is 29.5 Å². The van der Waals surface area contributed by atoms with Crippen molar-refractivity contribution < 1.29 is 33.8 Å². The number of benzene rings is 2. The molecule has 0 bridgehead atoms. The van der Waals surface area contributed by atoms with Gasteiger partial charge in [-0.3, -0.25) is 24.0 Å². The molecule has 6 rings (SSSR count). The van der Waals surface area contributed by atoms with Crippen molar-refractivity contribution in [2.75, 3.05) is 19.8 Å². The number of nitrogens with zero attached hydrogens (tertiary/aromatic N) is 4. The Balaban J connectivity index is 1.34. The molecule has 278 valence electrons. The Morgan fingerprint density at radius 2 is 1.77 bits per heavy atom. The van der Waals surface area contributed by atoms with Gasteiger partial charge in [0.1, 0.15) is 23.2 Å². The van der Waals surface area contributed by atoms with Crippen molar-refractivity contribution in [1.29, 1.82) is 0 Å². The molecule has 3 fully saturated rings. The van der Waals surface area contributed by atoms with E-state index in [0.29, 0.717) is 30.7 Å². The maximum Gasteiger partial charge on any atom is 0.287 e. The first-order valence-electron chi connectivity index (χ1n) is 18.3. The summed E-state index contributed by atoms with van der Waals surface area (Å²) in [5, 5.41) is 26.9. The monoisotopic (exact) mass is 715 g/mol. The molecule has 3 heterocycles. The average Bonchev–Trinajstić information content (AvgIpc) is 3.75. The Kier molecular flexibility index (Phi) is 11.1. The number of hydrogen-bond donors (Lipinski definition) is 4. The Morgan fingerprint density at radius 1 is 1.02 bits per heavy atom. The number of nitrogens with one attached hydrogen (secondary N) is 2. The van der Waals surface area contributed by atoms with Crippen LogP contribution in [0.3, 0.4) is 0 Å². The molecule has 3 aromatic rings. The molecule has 3 aliphatic rings. The number of Topliss-reactive ketones (excluding diaryl/α,β-unsaturated/α-hetero) is 1. The number of hydrogen-bond acceptors (Lipinski definition) is 9. The van der Waals surface area contributed by atoms with E-state index in [2.05, 4.69) is 20.9 Å². The molecule has 1 aromatic heterocycles. The minimum atomic E-state index is -1.59. The van der Waals surface area contributed by atoms with E-state index in [1.165, 1.54) is 15.8 Å². The number of primary amides is 1. The van der Waals surface area contributed by atoms with Gasteiger partial charge < -0.3 is 31.1 Å². The molecule has 5 N–H and O–H groups in total. The number of amides is 4. The molecule has 1 saturated carbocycles. The number of carbonyl (C=O) groups excluding carboxylic acids is 5. The molecule has 14 nitrogen and oxygen atoms in total. The van der Waals surface area contributed by atoms with Gasteiger partial charge in [-0.25, -0.2) is 4.68 Å². The number of aliphatic hydroxyl groups is 1. The SMILES string of the molecule is CC(C)(O)c1cnnn1[C@H]1C[C@@H](C(=O)NC2(C(=O)C(N)=O)CCCOCC2)N(C(=O)[C@@H](CC2CCCCC2)NC(=O)c2ccc3ccccc3c2)C1. The normalized spacial score (nSPS) is 23.5. The first kappa shape index (κ1) is 37.1. The maximum atomic E-state index is 14.9. The summed E-state index contributed by atoms with van der Waals surface area (Å²) in [6, 6.07) is 10.5. The summed E-state index contributed by atoms with van der Waals surface area (Å²) in [4.78, 5) is 70.1. The van der Waals surface area contributed by atoms with Gasteiger partial charge in [0.05, 0.1) is 17.9 Å². The van der Waals surface area contributed by atoms with E-state index in [1.54, 1.807) is 26.0 Å². The van der Waals surface area contributed by atoms with Crippen molar-refractivity contribution in [1.82, 2.24) is 30.5 Å². The van der Waals surface area contributed by atoms with Gasteiger partial charge in [-0.05, 0) is 61.9 Å². The van der Waals surface area contributed by atoms with Crippen LogP contribution >= 0.6 is 0 Å². The standard InChI is InChI=1S/C38H49N7O7/c1-37(2,51)31-22-40-43-45(31)28-21-30(35(49)42-38(32(46)33(39)47)15-8-17-52-18-16-38)44(23-28)36(50)29(19-24-9-4-3-5-10-24)41-34(48)27-14-13-25-11-6-7-12-26(25)20-27/h6-7,11-14,20,22,24,28-30,51H,3-5,8-10,15-19,21,23H2,1-2H3,(H2,39,47)(H,41,48)(H,42,49)/t28-,29+,30-,38?/m0/s1. The smallest absolute Gasteiger partial charge is 0.287 e. The largest absolute Gasteiger partial charge is 0.384 e. The highest BCUT2D eigenvalue weighted by Gasteiger charge is 2.49. The molecule has 2 aromatic carbocycles. The number of fused-ring (bicyclic) bond motifs is 1. The third-order valence-electron chi connectivity index (χ3n) is 10.9. The first-order valence-corrected chi connectivity index (χ1v) is 18.3. The molecule has 0 radical (unpaired) electrons. The van der Waals surface area contributed by atoms with Crippen LogP contribution in [0, 0.1) is 5.92 Å². The molecule has 4 atom stereocenters. The number of likely N-dealkylation sites (tertiary alicyclic amines) is 1. The first-order chi connectivity index (χ1) is 24.9. The predicted molar refractivity (Wildman–Crippen MR) is 191 cm³/mol. The number of rotatable bonds is 11. The number of ether oxygens (including phenoxy) is 1. The van der Waals surface area contributed by atoms with Crippen molar-refractivity contribution in [3.05, 3.63) is 59.9 Å². The summed E-state index contributed by atoms with van der Waals surface area (Å²) >= 11 is 0. The molecule has 2 saturated heterocycles. The summed E-state index contributed by atoms with van der Waals surface area (Å²) in [6.45, 7) is 3.70. The number of nitrogens with two attached hydrogens (primary N) is 1. The maximum absolute atomic E-state index is 14.9. The zero-order valence-corrected chi connectivity index (χ0v) is 29.9. The summed E-state index contributed by atoms with van der Waals surface area (Å²) in [5.74, 6) is -3.36. The minimum absolute atomic E-state index is 0.0241. The quantitative estimate of drug-likeness (QED) is 0.216. The van der Waals surface area contributed by atoms with E-state index in [9.17, 15) is 29.1 Å². The van der Waals surface area contributed by atoms with Crippen LogP contribution in [0.15, 0.2) is 48.7 Å². The lowest BCUT2D eigenvalue weighted by Crippen LogP contribution is -2.62. The van der Waals surface area contributed by atoms with Gasteiger partial charge in [0.2, 0.25) is 17.6 Å². The van der Waals surface area contributed by atoms with E-state index in [4.69, 9.17) is 10.5 Å². The summed E-state index contributed by atoms with van der Waals surface area (Å²) in [5.41, 5.74) is 3.37. The van der Waals surface area contributed by atoms with Crippen molar-refractivity contribution in [3.63, 3.8) is 0 Å². The second kappa shape index (κ2) is 15.5. The Bertz CT molecular complexity index is 1800. The van der Waals surface area contributed by atoms with Crippen LogP contribution in [0.25, 0.3) is 10.8 Å². The van der Waals surface area contributed by atoms with E-state index >= 15 is 0 Å². The van der Waals surface area contributed by atoms with Gasteiger partial charge in [-0.1, -0.05) is 67.6 Å². The lowest BCUT2D eigenvalue weighted by atomic mass is 9.84. The van der Waals surface area contributed by atoms with Crippen LogP contribution < -0.4 is 16.4 Å². The lowest BCUT2D eigenvalue weighted by Gasteiger charge is -2.35. The lowest BCUT2D eigenvalue weighted by molar-refractivity contribution is -0.145. The molecule has 0 spiro atoms. The molecule has 2 aliphatic heterocycles. The number of carbonyl (C=O) groups is 5. The van der Waals surface area contributed by atoms with Gasteiger partial charge in [-0.15, -0.1) is 5.10 Å². The molecular weight excluding hydrogens is 666 g/mol. The Hall–Kier alpha value is -4.69. The van der Waals surface area contributed by atoms with E-state index in [0.717, 1.165) is 42.9 Å². The summed E-state index contributed by atoms with van der Waals surface area (Å²) in [6.07, 6.45) is 7.56. The highest BCUT2D eigenvalue weighted by atomic mass is 16.5. The van der Waals surface area contributed by atoms with Crippen LogP contribution in [0.2, 0.25) is 0 Å². The van der Waals surface area contributed by atoms with Crippen molar-refractivity contribution >= 4 is 40.2 Å². The third kappa shape index (κ3) is 8.02. The van der Waals surface area contributed by atoms with Gasteiger partial charge in [0.15, 0.2) is 0 Å². The minimum Gasteiger partial charge on any atom is -0.384 e. The Morgan fingerprint density at radius 3 is 2.50 bits per heavy atom. The van der Waals surface area contributed by atoms with Crippen LogP contribution in [0.5, 0.6) is 0 Å². The fraction of sp³-hybridized carbons (Fsp3) is 0.553. The zero-order chi connectivity index (χ0) is 37.0. The van der Waals surface area contributed by atoms with E-state index < -0.39 is 58.7 Å². The topological polar surface area (TPSA) is 199 Å². The van der Waals surface area contributed by atoms with E-state index in [1.807, 2.05) is 30.3 Å². The second-order valence-electron chi connectivity index (χ2n) is 15.1. The van der Waals surface area contributed by atoms with Gasteiger partial charge >= 0.3 is 0 Å². The number of aromatic nitrogens is 3. The predicted octanol–water partition coefficient (Wildman–Crippen LogP) is 2.68. The van der Waals surface area contributed by atoms with Crippen LogP contribution in [0.1, 0.15) is 100 Å². The van der Waals surface area contributed by atoms with E-state index in [-0.39, 0.29) is 38.3 Å². The zero-order valence-electron chi connectivity index (χ0n) is 29.9. The molecule has 1 unspecified atom stereocenters. The summed E-state index contributed by atoms with van der Waals surface area (Å²) in [7, 11) is 0. The van der Waals surface area contributed by atoms with Crippen molar-refractivity contribution in [2.45, 2.75) is 107 Å². The molecule has 4 amide bonds. The second-order valence-corrected chi connectivity index (χ2v) is 15.1. The fourth-order valence-electron chi connectivity index (χ4n) is 8.10. The van der Waals surface area contributed by atoms with Crippen LogP contribution in [0.4, 0.5) is 0 Å². The molecule has 52 heavy (non-hydrogen) atoms. The fourth-order valence-corrected chi connectivity index (χ4v) is 8.10. The molecule has 14 heteroatoms. The molecule has 1 aliphatic carbocycles. The van der Waals surface area contributed by atoms with Gasteiger partial charge in [0, 0.05) is 38.2 Å².